The second-order valence-electron chi connectivity index (χ2n) is 5.75. The summed E-state index contributed by atoms with van der Waals surface area (Å²) >= 11 is 0. The molecule has 1 aromatic carbocycles. The summed E-state index contributed by atoms with van der Waals surface area (Å²) in [5.41, 5.74) is 3.77. The van der Waals surface area contributed by atoms with Gasteiger partial charge in [-0.1, -0.05) is 20.3 Å². The molecule has 0 fully saturated rings. The fourth-order valence-electron chi connectivity index (χ4n) is 2.28. The zero-order valence-electron chi connectivity index (χ0n) is 13.6. The molecule has 118 valence electrons. The molecule has 0 bridgehead atoms. The number of aliphatic hydroxyl groups is 1. The van der Waals surface area contributed by atoms with Gasteiger partial charge in [-0.3, -0.25) is 4.79 Å². The van der Waals surface area contributed by atoms with Crippen molar-refractivity contribution in [1.29, 1.82) is 0 Å². The molecule has 1 heterocycles. The molecule has 0 saturated heterocycles. The third-order valence-corrected chi connectivity index (χ3v) is 4.18. The van der Waals surface area contributed by atoms with E-state index in [0.29, 0.717) is 11.1 Å². The molecular formula is C17H23N3O2. The number of carbonyl (C=O) groups is 1. The Morgan fingerprint density at radius 1 is 1.23 bits per heavy atom. The zero-order valence-corrected chi connectivity index (χ0v) is 13.6. The quantitative estimate of drug-likeness (QED) is 0.889. The van der Waals surface area contributed by atoms with E-state index in [1.54, 1.807) is 18.2 Å². The standard InChI is InChI=1S/C17H23N3O2/c1-5-10(2)16(9-21)20-17(22)13-6-7-14-15(8-13)19-12(4)11(3)18-14/h6-8,10,16,21H,5,9H2,1-4H3,(H,20,22)/t10-,16+/m1/s1. The van der Waals surface area contributed by atoms with Crippen LogP contribution in [0.15, 0.2) is 18.2 Å². The van der Waals surface area contributed by atoms with E-state index in [1.165, 1.54) is 0 Å². The van der Waals surface area contributed by atoms with Crippen molar-refractivity contribution in [3.05, 3.63) is 35.2 Å². The number of fused-ring (bicyclic) bond motifs is 1. The van der Waals surface area contributed by atoms with Crippen molar-refractivity contribution in [3.8, 4) is 0 Å². The monoisotopic (exact) mass is 301 g/mol. The van der Waals surface area contributed by atoms with Crippen molar-refractivity contribution in [1.82, 2.24) is 15.3 Å². The number of hydrogen-bond donors (Lipinski definition) is 2. The maximum Gasteiger partial charge on any atom is 0.251 e. The normalized spacial score (nSPS) is 13.9. The number of hydrogen-bond acceptors (Lipinski definition) is 4. The highest BCUT2D eigenvalue weighted by Gasteiger charge is 2.18. The number of aryl methyl sites for hydroxylation is 2. The van der Waals surface area contributed by atoms with Gasteiger partial charge in [-0.25, -0.2) is 9.97 Å². The van der Waals surface area contributed by atoms with Crippen LogP contribution in [0.3, 0.4) is 0 Å². The van der Waals surface area contributed by atoms with Crippen molar-refractivity contribution in [3.63, 3.8) is 0 Å². The van der Waals surface area contributed by atoms with Crippen molar-refractivity contribution < 1.29 is 9.90 Å². The van der Waals surface area contributed by atoms with Gasteiger partial charge in [0.1, 0.15) is 0 Å². The first-order valence-electron chi connectivity index (χ1n) is 7.63. The van der Waals surface area contributed by atoms with Crippen molar-refractivity contribution in [2.45, 2.75) is 40.2 Å². The highest BCUT2D eigenvalue weighted by atomic mass is 16.3. The number of nitrogens with zero attached hydrogens (tertiary/aromatic N) is 2. The van der Waals surface area contributed by atoms with Gasteiger partial charge in [0, 0.05) is 5.56 Å². The van der Waals surface area contributed by atoms with Crippen LogP contribution in [0.5, 0.6) is 0 Å². The molecule has 0 aliphatic heterocycles. The van der Waals surface area contributed by atoms with Gasteiger partial charge in [-0.15, -0.1) is 0 Å². The van der Waals surface area contributed by atoms with Gasteiger partial charge in [0.25, 0.3) is 5.91 Å². The van der Waals surface area contributed by atoms with E-state index in [-0.39, 0.29) is 24.5 Å². The topological polar surface area (TPSA) is 75.1 Å². The fourth-order valence-corrected chi connectivity index (χ4v) is 2.28. The van der Waals surface area contributed by atoms with Crippen molar-refractivity contribution in [2.24, 2.45) is 5.92 Å². The van der Waals surface area contributed by atoms with Crippen LogP contribution in [-0.4, -0.2) is 33.6 Å². The molecule has 22 heavy (non-hydrogen) atoms. The molecule has 1 aromatic heterocycles. The lowest BCUT2D eigenvalue weighted by Gasteiger charge is -2.22. The first kappa shape index (κ1) is 16.4. The second kappa shape index (κ2) is 6.83. The van der Waals surface area contributed by atoms with Gasteiger partial charge in [0.15, 0.2) is 0 Å². The molecule has 1 amide bonds. The maximum absolute atomic E-state index is 12.4. The molecule has 0 aliphatic rings. The van der Waals surface area contributed by atoms with Gasteiger partial charge in [0.2, 0.25) is 0 Å². The number of aromatic nitrogens is 2. The second-order valence-corrected chi connectivity index (χ2v) is 5.75. The Kier molecular flexibility index (Phi) is 5.08. The van der Waals surface area contributed by atoms with Crippen molar-refractivity contribution in [2.75, 3.05) is 6.61 Å². The third-order valence-electron chi connectivity index (χ3n) is 4.18. The fraction of sp³-hybridized carbons (Fsp3) is 0.471. The Morgan fingerprint density at radius 3 is 2.45 bits per heavy atom. The molecule has 0 saturated carbocycles. The van der Waals surface area contributed by atoms with Gasteiger partial charge in [-0.2, -0.15) is 0 Å². The van der Waals surface area contributed by atoms with Crippen LogP contribution >= 0.6 is 0 Å². The largest absolute Gasteiger partial charge is 0.394 e. The lowest BCUT2D eigenvalue weighted by molar-refractivity contribution is 0.0891. The predicted octanol–water partition coefficient (Wildman–Crippen LogP) is 2.38. The van der Waals surface area contributed by atoms with Gasteiger partial charge < -0.3 is 10.4 Å². The summed E-state index contributed by atoms with van der Waals surface area (Å²) in [6.07, 6.45) is 0.896. The van der Waals surface area contributed by atoms with E-state index in [1.807, 2.05) is 27.7 Å². The molecular weight excluding hydrogens is 278 g/mol. The number of aliphatic hydroxyl groups excluding tert-OH is 1. The first-order chi connectivity index (χ1) is 10.5. The average Bonchev–Trinajstić information content (AvgIpc) is 2.52. The summed E-state index contributed by atoms with van der Waals surface area (Å²) in [6, 6.07) is 5.06. The Labute approximate surface area is 130 Å². The molecule has 2 aromatic rings. The van der Waals surface area contributed by atoms with Crippen LogP contribution in [0, 0.1) is 19.8 Å². The lowest BCUT2D eigenvalue weighted by atomic mass is 9.99. The smallest absolute Gasteiger partial charge is 0.251 e. The minimum absolute atomic E-state index is 0.0631. The van der Waals surface area contributed by atoms with E-state index < -0.39 is 0 Å². The third kappa shape index (κ3) is 3.42. The van der Waals surface area contributed by atoms with Crippen LogP contribution in [0.25, 0.3) is 11.0 Å². The summed E-state index contributed by atoms with van der Waals surface area (Å²) in [7, 11) is 0. The van der Waals surface area contributed by atoms with E-state index in [4.69, 9.17) is 0 Å². The molecule has 0 spiro atoms. The SMILES string of the molecule is CC[C@@H](C)[C@H](CO)NC(=O)c1ccc2nc(C)c(C)nc2c1. The molecule has 2 atom stereocenters. The average molecular weight is 301 g/mol. The number of benzene rings is 1. The summed E-state index contributed by atoms with van der Waals surface area (Å²) < 4.78 is 0. The molecule has 2 rings (SSSR count). The van der Waals surface area contributed by atoms with E-state index >= 15 is 0 Å². The van der Waals surface area contributed by atoms with Gasteiger partial charge >= 0.3 is 0 Å². The van der Waals surface area contributed by atoms with E-state index in [9.17, 15) is 9.90 Å². The maximum atomic E-state index is 12.4. The van der Waals surface area contributed by atoms with Gasteiger partial charge in [-0.05, 0) is 38.0 Å². The van der Waals surface area contributed by atoms with Crippen LogP contribution in [-0.2, 0) is 0 Å². The summed E-state index contributed by atoms with van der Waals surface area (Å²) in [4.78, 5) is 21.3. The molecule has 0 unspecified atom stereocenters. The number of amides is 1. The zero-order chi connectivity index (χ0) is 16.3. The Balaban J connectivity index is 2.26. The number of nitrogens with one attached hydrogen (secondary N) is 1. The molecule has 0 aliphatic carbocycles. The van der Waals surface area contributed by atoms with Crippen LogP contribution in [0.2, 0.25) is 0 Å². The minimum atomic E-state index is -0.237. The highest BCUT2D eigenvalue weighted by Crippen LogP contribution is 2.15. The highest BCUT2D eigenvalue weighted by molar-refractivity contribution is 5.97. The molecule has 0 radical (unpaired) electrons. The van der Waals surface area contributed by atoms with Crippen LogP contribution in [0.4, 0.5) is 0 Å². The predicted molar refractivity (Wildman–Crippen MR) is 86.8 cm³/mol. The first-order valence-corrected chi connectivity index (χ1v) is 7.63. The van der Waals surface area contributed by atoms with E-state index in [0.717, 1.165) is 23.3 Å². The summed E-state index contributed by atoms with van der Waals surface area (Å²) in [6.45, 7) is 7.81. The molecule has 5 nitrogen and oxygen atoms in total. The lowest BCUT2D eigenvalue weighted by Crippen LogP contribution is -2.41. The number of rotatable bonds is 5. The Bertz CT molecular complexity index is 685. The number of carbonyl (C=O) groups excluding carboxylic acids is 1. The Morgan fingerprint density at radius 2 is 1.86 bits per heavy atom. The summed E-state index contributed by atoms with van der Waals surface area (Å²) in [5, 5.41) is 12.3. The molecule has 5 heteroatoms. The van der Waals surface area contributed by atoms with Crippen molar-refractivity contribution >= 4 is 16.9 Å². The van der Waals surface area contributed by atoms with E-state index in [2.05, 4.69) is 15.3 Å². The summed E-state index contributed by atoms with van der Waals surface area (Å²) in [5.74, 6) is 0.0281. The van der Waals surface area contributed by atoms with Gasteiger partial charge in [0.05, 0.1) is 35.1 Å². The Hall–Kier alpha value is -2.01. The van der Waals surface area contributed by atoms with Crippen LogP contribution in [0.1, 0.15) is 42.0 Å². The van der Waals surface area contributed by atoms with Crippen LogP contribution < -0.4 is 5.32 Å². The minimum Gasteiger partial charge on any atom is -0.394 e. The molecule has 2 N–H and O–H groups in total.